The normalized spacial score (nSPS) is 17.2. The molecule has 2 aromatic heterocycles. The van der Waals surface area contributed by atoms with Crippen LogP contribution in [0.4, 0.5) is 10.7 Å². The number of thioether (sulfide) groups is 1. The van der Waals surface area contributed by atoms with Crippen molar-refractivity contribution in [2.75, 3.05) is 24.5 Å². The summed E-state index contributed by atoms with van der Waals surface area (Å²) in [5, 5.41) is 7.98. The predicted octanol–water partition coefficient (Wildman–Crippen LogP) is 5.02. The van der Waals surface area contributed by atoms with Gasteiger partial charge >= 0.3 is 0 Å². The van der Waals surface area contributed by atoms with Gasteiger partial charge in [-0.25, -0.2) is 9.97 Å². The summed E-state index contributed by atoms with van der Waals surface area (Å²) in [6.07, 6.45) is 9.21. The van der Waals surface area contributed by atoms with Crippen molar-refractivity contribution >= 4 is 45.7 Å². The molecule has 2 saturated heterocycles. The van der Waals surface area contributed by atoms with Gasteiger partial charge in [-0.1, -0.05) is 42.5 Å². The van der Waals surface area contributed by atoms with Crippen LogP contribution in [-0.4, -0.2) is 45.7 Å². The van der Waals surface area contributed by atoms with Crippen LogP contribution in [0.2, 0.25) is 0 Å². The van der Waals surface area contributed by atoms with E-state index in [9.17, 15) is 9.59 Å². The molecule has 0 unspecified atom stereocenters. The van der Waals surface area contributed by atoms with E-state index >= 15 is 0 Å². The van der Waals surface area contributed by atoms with Crippen molar-refractivity contribution in [3.63, 3.8) is 0 Å². The van der Waals surface area contributed by atoms with Crippen molar-refractivity contribution in [2.45, 2.75) is 19.4 Å². The van der Waals surface area contributed by atoms with E-state index in [1.165, 1.54) is 22.1 Å². The third-order valence-corrected chi connectivity index (χ3v) is 8.03. The maximum atomic E-state index is 11.8. The molecule has 6 rings (SSSR count). The van der Waals surface area contributed by atoms with E-state index in [0.29, 0.717) is 22.5 Å². The van der Waals surface area contributed by atoms with Crippen LogP contribution in [0.15, 0.2) is 78.1 Å². The molecular formula is C30H28N6O2S. The molecular weight excluding hydrogens is 508 g/mol. The highest BCUT2D eigenvalue weighted by atomic mass is 32.2. The Morgan fingerprint density at radius 2 is 1.85 bits per heavy atom. The van der Waals surface area contributed by atoms with Crippen LogP contribution in [0, 0.1) is 5.92 Å². The van der Waals surface area contributed by atoms with Crippen LogP contribution in [0.25, 0.3) is 28.0 Å². The number of benzene rings is 2. The highest BCUT2D eigenvalue weighted by Gasteiger charge is 2.26. The molecule has 39 heavy (non-hydrogen) atoms. The molecule has 2 fully saturated rings. The largest absolute Gasteiger partial charge is 0.341 e. The second-order valence-corrected chi connectivity index (χ2v) is 10.8. The lowest BCUT2D eigenvalue weighted by Crippen LogP contribution is -2.38. The lowest BCUT2D eigenvalue weighted by atomic mass is 9.94. The van der Waals surface area contributed by atoms with Crippen molar-refractivity contribution in [2.24, 2.45) is 5.92 Å². The van der Waals surface area contributed by atoms with Crippen LogP contribution in [0.5, 0.6) is 0 Å². The fourth-order valence-corrected chi connectivity index (χ4v) is 5.86. The van der Waals surface area contributed by atoms with E-state index in [2.05, 4.69) is 79.0 Å². The van der Waals surface area contributed by atoms with Crippen LogP contribution in [0.1, 0.15) is 24.1 Å². The summed E-state index contributed by atoms with van der Waals surface area (Å²) < 4.78 is 0. The number of pyridine rings is 1. The van der Waals surface area contributed by atoms with E-state index in [1.54, 1.807) is 18.3 Å². The molecule has 2 aliphatic rings. The van der Waals surface area contributed by atoms with E-state index < -0.39 is 0 Å². The number of carbonyl (C=O) groups excluding carboxylic acids is 2. The second-order valence-electron chi connectivity index (χ2n) is 9.75. The standard InChI is InChI=1S/C30H28N6O2S/c37-28-27(39-30(38)35-28)16-23-8-13-33-29(34-23)36-14-10-20(11-15-36)17-32-19-21-4-1-2-6-24(21)26-7-3-5-22-18-31-12-9-25(22)26/h1-9,12-13,16,18,20,32H,10-11,14-15,17,19H2,(H,35,37,38). The molecule has 8 nitrogen and oxygen atoms in total. The zero-order chi connectivity index (χ0) is 26.6. The number of hydrogen-bond acceptors (Lipinski definition) is 8. The maximum Gasteiger partial charge on any atom is 0.290 e. The summed E-state index contributed by atoms with van der Waals surface area (Å²) in [5.74, 6) is 0.854. The van der Waals surface area contributed by atoms with Gasteiger partial charge in [0.15, 0.2) is 0 Å². The summed E-state index contributed by atoms with van der Waals surface area (Å²) in [4.78, 5) is 39.2. The molecule has 4 heterocycles. The maximum absolute atomic E-state index is 11.8. The van der Waals surface area contributed by atoms with Gasteiger partial charge in [-0.05, 0) is 77.4 Å². The third kappa shape index (κ3) is 5.69. The molecule has 0 aliphatic carbocycles. The van der Waals surface area contributed by atoms with Crippen LogP contribution < -0.4 is 15.5 Å². The summed E-state index contributed by atoms with van der Waals surface area (Å²) in [5.41, 5.74) is 4.39. The molecule has 0 bridgehead atoms. The van der Waals surface area contributed by atoms with Crippen LogP contribution in [0.3, 0.4) is 0 Å². The lowest BCUT2D eigenvalue weighted by molar-refractivity contribution is -0.115. The first kappa shape index (κ1) is 25.2. The SMILES string of the molecule is O=C1NC(=O)C(=Cc2ccnc(N3CCC(CNCc4ccccc4-c4cccc5cnccc45)CC3)n2)S1. The fraction of sp³-hybridized carbons (Fsp3) is 0.233. The number of nitrogens with one attached hydrogen (secondary N) is 2. The number of nitrogens with zero attached hydrogens (tertiary/aromatic N) is 4. The van der Waals surface area contributed by atoms with Gasteiger partial charge in [-0.3, -0.25) is 19.9 Å². The van der Waals surface area contributed by atoms with Gasteiger partial charge in [-0.2, -0.15) is 0 Å². The number of anilines is 1. The minimum atomic E-state index is -0.379. The van der Waals surface area contributed by atoms with Crippen molar-refractivity contribution < 1.29 is 9.59 Å². The van der Waals surface area contributed by atoms with Gasteiger partial charge in [0, 0.05) is 43.6 Å². The summed E-state index contributed by atoms with van der Waals surface area (Å²) in [7, 11) is 0. The number of hydrogen-bond donors (Lipinski definition) is 2. The zero-order valence-corrected chi connectivity index (χ0v) is 22.2. The molecule has 0 spiro atoms. The summed E-state index contributed by atoms with van der Waals surface area (Å²) in [6.45, 7) is 3.52. The highest BCUT2D eigenvalue weighted by Crippen LogP contribution is 2.31. The van der Waals surface area contributed by atoms with E-state index in [4.69, 9.17) is 0 Å². The molecule has 4 aromatic rings. The zero-order valence-electron chi connectivity index (χ0n) is 21.3. The summed E-state index contributed by atoms with van der Waals surface area (Å²) in [6, 6.07) is 18.8. The number of fused-ring (bicyclic) bond motifs is 1. The number of carbonyl (C=O) groups is 2. The van der Waals surface area contributed by atoms with Gasteiger partial charge in [0.1, 0.15) is 0 Å². The Labute approximate surface area is 231 Å². The molecule has 2 N–H and O–H groups in total. The van der Waals surface area contributed by atoms with Gasteiger partial charge in [0.25, 0.3) is 11.1 Å². The molecule has 0 radical (unpaired) electrons. The average Bonchev–Trinajstić information content (AvgIpc) is 3.29. The first-order valence-electron chi connectivity index (χ1n) is 13.1. The Hall–Kier alpha value is -4.08. The lowest BCUT2D eigenvalue weighted by Gasteiger charge is -2.32. The van der Waals surface area contributed by atoms with Crippen LogP contribution >= 0.6 is 11.8 Å². The molecule has 0 saturated carbocycles. The Morgan fingerprint density at radius 3 is 2.69 bits per heavy atom. The minimum absolute atomic E-state index is 0.355. The van der Waals surface area contributed by atoms with E-state index in [1.807, 2.05) is 12.4 Å². The number of amides is 2. The number of rotatable bonds is 7. The molecule has 2 aliphatic heterocycles. The van der Waals surface area contributed by atoms with E-state index in [-0.39, 0.29) is 11.1 Å². The molecule has 9 heteroatoms. The smallest absolute Gasteiger partial charge is 0.290 e. The second kappa shape index (κ2) is 11.3. The molecule has 2 amide bonds. The van der Waals surface area contributed by atoms with Crippen LogP contribution in [-0.2, 0) is 11.3 Å². The Morgan fingerprint density at radius 1 is 1.00 bits per heavy atom. The number of aromatic nitrogens is 3. The molecule has 196 valence electrons. The Kier molecular flexibility index (Phi) is 7.33. The Balaban J connectivity index is 1.05. The first-order valence-corrected chi connectivity index (χ1v) is 13.9. The van der Waals surface area contributed by atoms with Gasteiger partial charge < -0.3 is 10.2 Å². The fourth-order valence-electron chi connectivity index (χ4n) is 5.19. The van der Waals surface area contributed by atoms with Gasteiger partial charge in [0.2, 0.25) is 5.95 Å². The van der Waals surface area contributed by atoms with Gasteiger partial charge in [0.05, 0.1) is 10.6 Å². The summed E-state index contributed by atoms with van der Waals surface area (Å²) >= 11 is 0.894. The monoisotopic (exact) mass is 536 g/mol. The van der Waals surface area contributed by atoms with Crippen molar-refractivity contribution in [1.29, 1.82) is 0 Å². The number of imide groups is 1. The Bertz CT molecular complexity index is 1560. The topological polar surface area (TPSA) is 100 Å². The first-order chi connectivity index (χ1) is 19.1. The van der Waals surface area contributed by atoms with Crippen molar-refractivity contribution in [3.8, 4) is 11.1 Å². The molecule has 2 aromatic carbocycles. The average molecular weight is 537 g/mol. The van der Waals surface area contributed by atoms with Crippen molar-refractivity contribution in [1.82, 2.24) is 25.6 Å². The quantitative estimate of drug-likeness (QED) is 0.318. The number of piperidine rings is 1. The predicted molar refractivity (Wildman–Crippen MR) is 155 cm³/mol. The van der Waals surface area contributed by atoms with Gasteiger partial charge in [-0.15, -0.1) is 0 Å². The van der Waals surface area contributed by atoms with Crippen molar-refractivity contribution in [3.05, 3.63) is 89.4 Å². The minimum Gasteiger partial charge on any atom is -0.341 e. The van der Waals surface area contributed by atoms with E-state index in [0.717, 1.165) is 56.2 Å². The molecule has 0 atom stereocenters. The third-order valence-electron chi connectivity index (χ3n) is 7.22. The highest BCUT2D eigenvalue weighted by molar-refractivity contribution is 8.18.